The van der Waals surface area contributed by atoms with Crippen LogP contribution in [0.1, 0.15) is 23.3 Å². The molecule has 0 bridgehead atoms. The van der Waals surface area contributed by atoms with Gasteiger partial charge in [-0.25, -0.2) is 4.98 Å². The predicted octanol–water partition coefficient (Wildman–Crippen LogP) is 4.84. The Labute approximate surface area is 140 Å². The summed E-state index contributed by atoms with van der Waals surface area (Å²) in [5.41, 5.74) is 1.89. The summed E-state index contributed by atoms with van der Waals surface area (Å²) < 4.78 is 0. The number of fused-ring (bicyclic) bond motifs is 3. The number of aryl methyl sites for hydroxylation is 2. The number of rotatable bonds is 1. The van der Waals surface area contributed by atoms with Crippen molar-refractivity contribution in [1.82, 2.24) is 9.97 Å². The van der Waals surface area contributed by atoms with Crippen LogP contribution in [0.25, 0.3) is 21.6 Å². The minimum absolute atomic E-state index is 0.0644. The van der Waals surface area contributed by atoms with E-state index in [1.54, 1.807) is 23.5 Å². The Morgan fingerprint density at radius 1 is 1.14 bits per heavy atom. The van der Waals surface area contributed by atoms with Crippen LogP contribution in [0.5, 0.6) is 0 Å². The number of thiophene rings is 1. The van der Waals surface area contributed by atoms with Gasteiger partial charge in [-0.2, -0.15) is 0 Å². The highest BCUT2D eigenvalue weighted by atomic mass is 35.5. The molecular formula is C16H12Cl2N2OS. The molecule has 2 heterocycles. The molecule has 6 heteroatoms. The van der Waals surface area contributed by atoms with Crippen LogP contribution in [0.4, 0.5) is 0 Å². The molecule has 1 aliphatic carbocycles. The lowest BCUT2D eigenvalue weighted by atomic mass is 9.97. The third-order valence-electron chi connectivity index (χ3n) is 4.02. The number of aromatic amines is 1. The summed E-state index contributed by atoms with van der Waals surface area (Å²) in [6.07, 6.45) is 4.37. The molecule has 0 saturated heterocycles. The SMILES string of the molecule is O=c1[nH]c(-c2ccc(Cl)c(Cl)c2)nc2sc3c(c12)CCCC3. The van der Waals surface area contributed by atoms with Crippen molar-refractivity contribution in [3.63, 3.8) is 0 Å². The summed E-state index contributed by atoms with van der Waals surface area (Å²) in [5, 5.41) is 1.70. The second-order valence-electron chi connectivity index (χ2n) is 5.43. The maximum Gasteiger partial charge on any atom is 0.260 e. The molecule has 1 N–H and O–H groups in total. The minimum atomic E-state index is -0.0644. The van der Waals surface area contributed by atoms with E-state index in [1.807, 2.05) is 6.07 Å². The van der Waals surface area contributed by atoms with Crippen molar-refractivity contribution in [3.8, 4) is 11.4 Å². The third-order valence-corrected chi connectivity index (χ3v) is 5.94. The second-order valence-corrected chi connectivity index (χ2v) is 7.33. The Hall–Kier alpha value is -1.36. The van der Waals surface area contributed by atoms with Gasteiger partial charge in [0.15, 0.2) is 0 Å². The number of nitrogens with zero attached hydrogens (tertiary/aromatic N) is 1. The van der Waals surface area contributed by atoms with E-state index in [2.05, 4.69) is 9.97 Å². The predicted molar refractivity (Wildman–Crippen MR) is 92.3 cm³/mol. The molecule has 3 aromatic rings. The number of aromatic nitrogens is 2. The Balaban J connectivity index is 1.93. The highest BCUT2D eigenvalue weighted by molar-refractivity contribution is 7.18. The van der Waals surface area contributed by atoms with Crippen molar-refractivity contribution in [2.45, 2.75) is 25.7 Å². The third kappa shape index (κ3) is 2.26. The van der Waals surface area contributed by atoms with Crippen LogP contribution in [0, 0.1) is 0 Å². The van der Waals surface area contributed by atoms with Crippen LogP contribution in [-0.2, 0) is 12.8 Å². The van der Waals surface area contributed by atoms with E-state index in [9.17, 15) is 4.79 Å². The van der Waals surface area contributed by atoms with Crippen molar-refractivity contribution in [3.05, 3.63) is 49.0 Å². The van der Waals surface area contributed by atoms with Gasteiger partial charge in [-0.05, 0) is 49.4 Å². The van der Waals surface area contributed by atoms with Crippen LogP contribution >= 0.6 is 34.5 Å². The molecule has 0 amide bonds. The fraction of sp³-hybridized carbons (Fsp3) is 0.250. The normalized spacial score (nSPS) is 14.3. The van der Waals surface area contributed by atoms with Crippen LogP contribution in [0.15, 0.2) is 23.0 Å². The van der Waals surface area contributed by atoms with Crippen LogP contribution in [0.3, 0.4) is 0 Å². The van der Waals surface area contributed by atoms with Crippen molar-refractivity contribution in [1.29, 1.82) is 0 Å². The first-order valence-corrected chi connectivity index (χ1v) is 8.71. The first-order valence-electron chi connectivity index (χ1n) is 7.13. The minimum Gasteiger partial charge on any atom is -0.306 e. The molecule has 0 spiro atoms. The lowest BCUT2D eigenvalue weighted by Crippen LogP contribution is -2.11. The van der Waals surface area contributed by atoms with Gasteiger partial charge in [0.05, 0.1) is 15.4 Å². The number of halogens is 2. The molecule has 1 aromatic carbocycles. The van der Waals surface area contributed by atoms with Gasteiger partial charge in [0.2, 0.25) is 0 Å². The largest absolute Gasteiger partial charge is 0.306 e. The zero-order chi connectivity index (χ0) is 15.3. The monoisotopic (exact) mass is 350 g/mol. The summed E-state index contributed by atoms with van der Waals surface area (Å²) in [5.74, 6) is 0.537. The Kier molecular flexibility index (Phi) is 3.48. The molecule has 1 aliphatic rings. The maximum atomic E-state index is 12.5. The van der Waals surface area contributed by atoms with Gasteiger partial charge in [-0.1, -0.05) is 23.2 Å². The maximum absolute atomic E-state index is 12.5. The van der Waals surface area contributed by atoms with E-state index in [-0.39, 0.29) is 5.56 Å². The highest BCUT2D eigenvalue weighted by Gasteiger charge is 2.20. The summed E-state index contributed by atoms with van der Waals surface area (Å²) in [6.45, 7) is 0. The van der Waals surface area contributed by atoms with E-state index >= 15 is 0 Å². The van der Waals surface area contributed by atoms with Gasteiger partial charge >= 0.3 is 0 Å². The lowest BCUT2D eigenvalue weighted by molar-refractivity contribution is 0.700. The van der Waals surface area contributed by atoms with Gasteiger partial charge in [0.1, 0.15) is 10.7 Å². The second kappa shape index (κ2) is 5.37. The average Bonchev–Trinajstić information content (AvgIpc) is 2.88. The molecule has 2 aromatic heterocycles. The molecule has 3 nitrogen and oxygen atoms in total. The van der Waals surface area contributed by atoms with E-state index in [1.165, 1.54) is 16.9 Å². The van der Waals surface area contributed by atoms with Gasteiger partial charge < -0.3 is 4.98 Å². The summed E-state index contributed by atoms with van der Waals surface area (Å²) in [6, 6.07) is 5.25. The zero-order valence-electron chi connectivity index (χ0n) is 11.6. The standard InChI is InChI=1S/C16H12Cl2N2OS/c17-10-6-5-8(7-11(10)18)14-19-15(21)13-9-3-1-2-4-12(9)22-16(13)20-14/h5-7H,1-4H2,(H,19,20,21). The molecule has 0 aliphatic heterocycles. The molecule has 4 rings (SSSR count). The van der Waals surface area contributed by atoms with Gasteiger partial charge in [0.25, 0.3) is 5.56 Å². The van der Waals surface area contributed by atoms with Crippen molar-refractivity contribution >= 4 is 44.8 Å². The van der Waals surface area contributed by atoms with Crippen molar-refractivity contribution in [2.24, 2.45) is 0 Å². The Morgan fingerprint density at radius 3 is 2.77 bits per heavy atom. The Bertz CT molecular complexity index is 945. The number of nitrogens with one attached hydrogen (secondary N) is 1. The number of hydrogen-bond donors (Lipinski definition) is 1. The average molecular weight is 351 g/mol. The van der Waals surface area contributed by atoms with Gasteiger partial charge in [-0.3, -0.25) is 4.79 Å². The molecule has 0 fully saturated rings. The number of hydrogen-bond acceptors (Lipinski definition) is 3. The van der Waals surface area contributed by atoms with Gasteiger partial charge in [-0.15, -0.1) is 11.3 Å². The fourth-order valence-corrected chi connectivity index (χ4v) is 4.50. The highest BCUT2D eigenvalue weighted by Crippen LogP contribution is 2.34. The van der Waals surface area contributed by atoms with Crippen LogP contribution < -0.4 is 5.56 Å². The molecule has 0 atom stereocenters. The fourth-order valence-electron chi connectivity index (χ4n) is 2.94. The first-order chi connectivity index (χ1) is 10.6. The van der Waals surface area contributed by atoms with Crippen molar-refractivity contribution < 1.29 is 0 Å². The van der Waals surface area contributed by atoms with E-state index in [4.69, 9.17) is 23.2 Å². The molecule has 112 valence electrons. The number of benzene rings is 1. The molecule has 0 radical (unpaired) electrons. The van der Waals surface area contributed by atoms with Gasteiger partial charge in [0, 0.05) is 10.4 Å². The quantitative estimate of drug-likeness (QED) is 0.682. The zero-order valence-corrected chi connectivity index (χ0v) is 13.9. The van der Waals surface area contributed by atoms with Crippen molar-refractivity contribution in [2.75, 3.05) is 0 Å². The van der Waals surface area contributed by atoms with Crippen LogP contribution in [0.2, 0.25) is 10.0 Å². The summed E-state index contributed by atoms with van der Waals surface area (Å²) in [4.78, 5) is 22.2. The van der Waals surface area contributed by atoms with E-state index < -0.39 is 0 Å². The lowest BCUT2D eigenvalue weighted by Gasteiger charge is -2.09. The first kappa shape index (κ1) is 14.2. The van der Waals surface area contributed by atoms with E-state index in [0.717, 1.165) is 35.0 Å². The molecule has 0 unspecified atom stereocenters. The molecular weight excluding hydrogens is 339 g/mol. The smallest absolute Gasteiger partial charge is 0.260 e. The van der Waals surface area contributed by atoms with E-state index in [0.29, 0.717) is 15.9 Å². The summed E-state index contributed by atoms with van der Waals surface area (Å²) in [7, 11) is 0. The Morgan fingerprint density at radius 2 is 1.95 bits per heavy atom. The molecule has 0 saturated carbocycles. The molecule has 22 heavy (non-hydrogen) atoms. The summed E-state index contributed by atoms with van der Waals surface area (Å²) >= 11 is 13.6. The van der Waals surface area contributed by atoms with Crippen LogP contribution in [-0.4, -0.2) is 9.97 Å². The topological polar surface area (TPSA) is 45.8 Å². The number of H-pyrrole nitrogens is 1.